The van der Waals surface area contributed by atoms with Crippen molar-refractivity contribution in [2.45, 2.75) is 26.2 Å². The molecule has 0 atom stereocenters. The topological polar surface area (TPSA) is 60.5 Å². The number of benzene rings is 2. The fraction of sp³-hybridized carbons (Fsp3) is 0.417. The number of unbranched alkanes of at least 4 members (excludes halogenated alkanes) is 1. The largest absolute Gasteiger partial charge is 0.353 e. The highest BCUT2D eigenvalue weighted by Gasteiger charge is 2.20. The Labute approximate surface area is 188 Å². The van der Waals surface area contributed by atoms with E-state index in [-0.39, 0.29) is 6.03 Å². The third kappa shape index (κ3) is 5.74. The standard InChI is InChI=1S/C24H31N5OS/c1-2-3-12-25-24(30)26-20-8-6-7-19(18-20)11-13-28-14-16-29(17-15-28)23-21-9-4-5-10-22(21)31-27-23/h4-10,18H,2-3,11-17H2,1H3,(H2,25,26,30). The molecule has 7 heteroatoms. The predicted molar refractivity (Wildman–Crippen MR) is 130 cm³/mol. The number of rotatable bonds is 8. The average Bonchev–Trinajstić information content (AvgIpc) is 3.23. The molecule has 0 spiro atoms. The molecule has 3 aromatic rings. The van der Waals surface area contributed by atoms with Gasteiger partial charge in [0.2, 0.25) is 0 Å². The van der Waals surface area contributed by atoms with Crippen LogP contribution in [0.2, 0.25) is 0 Å². The second-order valence-corrected chi connectivity index (χ2v) is 8.82. The van der Waals surface area contributed by atoms with Gasteiger partial charge in [0.1, 0.15) is 5.82 Å². The van der Waals surface area contributed by atoms with E-state index >= 15 is 0 Å². The maximum absolute atomic E-state index is 12.0. The lowest BCUT2D eigenvalue weighted by Crippen LogP contribution is -2.47. The van der Waals surface area contributed by atoms with Gasteiger partial charge in [-0.1, -0.05) is 37.6 Å². The Balaban J connectivity index is 1.25. The highest BCUT2D eigenvalue weighted by Crippen LogP contribution is 2.29. The van der Waals surface area contributed by atoms with Gasteiger partial charge in [0.25, 0.3) is 0 Å². The number of hydrogen-bond acceptors (Lipinski definition) is 5. The molecule has 0 aliphatic carbocycles. The smallest absolute Gasteiger partial charge is 0.319 e. The SMILES string of the molecule is CCCCNC(=O)Nc1cccc(CCN2CCN(c3nsc4ccccc34)CC2)c1. The number of amides is 2. The zero-order valence-corrected chi connectivity index (χ0v) is 19.0. The monoisotopic (exact) mass is 437 g/mol. The maximum Gasteiger partial charge on any atom is 0.319 e. The van der Waals surface area contributed by atoms with E-state index in [9.17, 15) is 4.79 Å². The molecule has 1 fully saturated rings. The summed E-state index contributed by atoms with van der Waals surface area (Å²) in [5, 5.41) is 7.10. The highest BCUT2D eigenvalue weighted by molar-refractivity contribution is 7.13. The third-order valence-corrected chi connectivity index (χ3v) is 6.56. The van der Waals surface area contributed by atoms with E-state index in [1.54, 1.807) is 11.5 Å². The minimum atomic E-state index is -0.128. The summed E-state index contributed by atoms with van der Waals surface area (Å²) in [5.74, 6) is 1.14. The Morgan fingerprint density at radius 1 is 1.10 bits per heavy atom. The van der Waals surface area contributed by atoms with Gasteiger partial charge in [-0.05, 0) is 54.2 Å². The summed E-state index contributed by atoms with van der Waals surface area (Å²) in [6, 6.07) is 16.5. The zero-order chi connectivity index (χ0) is 21.5. The van der Waals surface area contributed by atoms with Gasteiger partial charge in [0, 0.05) is 50.3 Å². The molecule has 1 aliphatic heterocycles. The summed E-state index contributed by atoms with van der Waals surface area (Å²) in [6.07, 6.45) is 3.05. The molecule has 0 bridgehead atoms. The van der Waals surface area contributed by atoms with Crippen molar-refractivity contribution in [2.24, 2.45) is 0 Å². The second-order valence-electron chi connectivity index (χ2n) is 8.02. The van der Waals surface area contributed by atoms with Crippen molar-refractivity contribution in [3.8, 4) is 0 Å². The van der Waals surface area contributed by atoms with Gasteiger partial charge in [-0.25, -0.2) is 4.79 Å². The minimum absolute atomic E-state index is 0.128. The van der Waals surface area contributed by atoms with Crippen LogP contribution in [0.5, 0.6) is 0 Å². The number of fused-ring (bicyclic) bond motifs is 1. The second kappa shape index (κ2) is 10.6. The fourth-order valence-corrected chi connectivity index (χ4v) is 4.73. The Bertz CT molecular complexity index is 996. The summed E-state index contributed by atoms with van der Waals surface area (Å²) in [4.78, 5) is 16.9. The summed E-state index contributed by atoms with van der Waals surface area (Å²) in [5.41, 5.74) is 2.10. The number of aromatic nitrogens is 1. The molecule has 0 unspecified atom stereocenters. The van der Waals surface area contributed by atoms with Crippen molar-refractivity contribution >= 4 is 39.2 Å². The molecular weight excluding hydrogens is 406 g/mol. The molecule has 2 aromatic carbocycles. The van der Waals surface area contributed by atoms with E-state index in [4.69, 9.17) is 4.37 Å². The number of anilines is 2. The number of urea groups is 1. The van der Waals surface area contributed by atoms with Gasteiger partial charge in [-0.15, -0.1) is 0 Å². The number of nitrogens with zero attached hydrogens (tertiary/aromatic N) is 3. The predicted octanol–water partition coefficient (Wildman–Crippen LogP) is 4.58. The number of piperazine rings is 1. The molecule has 0 saturated carbocycles. The van der Waals surface area contributed by atoms with Gasteiger partial charge < -0.3 is 15.5 Å². The summed E-state index contributed by atoms with van der Waals surface area (Å²) in [6.45, 7) is 7.96. The number of hydrogen-bond donors (Lipinski definition) is 2. The molecule has 31 heavy (non-hydrogen) atoms. The molecule has 2 amide bonds. The molecule has 2 heterocycles. The lowest BCUT2D eigenvalue weighted by Gasteiger charge is -2.35. The van der Waals surface area contributed by atoms with E-state index in [1.165, 1.54) is 15.6 Å². The van der Waals surface area contributed by atoms with Crippen molar-refractivity contribution in [3.63, 3.8) is 0 Å². The van der Waals surface area contributed by atoms with Gasteiger partial charge in [-0.3, -0.25) is 4.90 Å². The molecule has 0 radical (unpaired) electrons. The molecular formula is C24H31N5OS. The van der Waals surface area contributed by atoms with E-state index in [0.717, 1.165) is 63.5 Å². The van der Waals surface area contributed by atoms with Crippen molar-refractivity contribution in [3.05, 3.63) is 54.1 Å². The first-order chi connectivity index (χ1) is 15.2. The molecule has 6 nitrogen and oxygen atoms in total. The summed E-state index contributed by atoms with van der Waals surface area (Å²) < 4.78 is 5.96. The normalized spacial score (nSPS) is 14.7. The lowest BCUT2D eigenvalue weighted by atomic mass is 10.1. The van der Waals surface area contributed by atoms with E-state index in [0.29, 0.717) is 6.54 Å². The Morgan fingerprint density at radius 2 is 1.94 bits per heavy atom. The molecule has 2 N–H and O–H groups in total. The number of nitrogens with one attached hydrogen (secondary N) is 2. The lowest BCUT2D eigenvalue weighted by molar-refractivity contribution is 0.252. The van der Waals surface area contributed by atoms with Crippen LogP contribution in [0.25, 0.3) is 10.1 Å². The summed E-state index contributed by atoms with van der Waals surface area (Å²) >= 11 is 1.59. The summed E-state index contributed by atoms with van der Waals surface area (Å²) in [7, 11) is 0. The van der Waals surface area contributed by atoms with Crippen molar-refractivity contribution in [1.29, 1.82) is 0 Å². The molecule has 1 saturated heterocycles. The minimum Gasteiger partial charge on any atom is -0.353 e. The first-order valence-corrected chi connectivity index (χ1v) is 12.0. The van der Waals surface area contributed by atoms with E-state index in [2.05, 4.69) is 63.8 Å². The first kappa shape index (κ1) is 21.6. The Kier molecular flexibility index (Phi) is 7.38. The number of carbonyl (C=O) groups is 1. The van der Waals surface area contributed by atoms with Gasteiger partial charge in [0.05, 0.1) is 4.70 Å². The van der Waals surface area contributed by atoms with Crippen LogP contribution in [0.3, 0.4) is 0 Å². The van der Waals surface area contributed by atoms with Crippen molar-refractivity contribution in [2.75, 3.05) is 49.5 Å². The van der Waals surface area contributed by atoms with Crippen LogP contribution in [-0.2, 0) is 6.42 Å². The quantitative estimate of drug-likeness (QED) is 0.506. The maximum atomic E-state index is 12.0. The van der Waals surface area contributed by atoms with E-state index < -0.39 is 0 Å². The third-order valence-electron chi connectivity index (χ3n) is 5.75. The van der Waals surface area contributed by atoms with Crippen LogP contribution < -0.4 is 15.5 Å². The van der Waals surface area contributed by atoms with Crippen LogP contribution in [0.4, 0.5) is 16.3 Å². The van der Waals surface area contributed by atoms with Crippen LogP contribution in [-0.4, -0.2) is 54.6 Å². The molecule has 164 valence electrons. The molecule has 1 aliphatic rings. The van der Waals surface area contributed by atoms with Crippen molar-refractivity contribution in [1.82, 2.24) is 14.6 Å². The van der Waals surface area contributed by atoms with E-state index in [1.807, 2.05) is 12.1 Å². The molecule has 1 aromatic heterocycles. The first-order valence-electron chi connectivity index (χ1n) is 11.2. The van der Waals surface area contributed by atoms with Gasteiger partial charge in [-0.2, -0.15) is 4.37 Å². The molecule has 4 rings (SSSR count). The Hall–Kier alpha value is -2.64. The zero-order valence-electron chi connectivity index (χ0n) is 18.1. The fourth-order valence-electron chi connectivity index (χ4n) is 3.93. The average molecular weight is 438 g/mol. The van der Waals surface area contributed by atoms with Crippen LogP contribution in [0, 0.1) is 0 Å². The van der Waals surface area contributed by atoms with Crippen LogP contribution >= 0.6 is 11.5 Å². The number of carbonyl (C=O) groups excluding carboxylic acids is 1. The van der Waals surface area contributed by atoms with Gasteiger partial charge in [0.15, 0.2) is 0 Å². The Morgan fingerprint density at radius 3 is 2.77 bits per heavy atom. The van der Waals surface area contributed by atoms with Crippen molar-refractivity contribution < 1.29 is 4.79 Å². The van der Waals surface area contributed by atoms with Crippen LogP contribution in [0.1, 0.15) is 25.3 Å². The van der Waals surface area contributed by atoms with Gasteiger partial charge >= 0.3 is 6.03 Å². The van der Waals surface area contributed by atoms with Crippen LogP contribution in [0.15, 0.2) is 48.5 Å². The highest BCUT2D eigenvalue weighted by atomic mass is 32.1.